The van der Waals surface area contributed by atoms with Gasteiger partial charge >= 0.3 is 0 Å². The molecule has 0 aromatic carbocycles. The molecule has 0 aliphatic heterocycles. The lowest BCUT2D eigenvalue weighted by molar-refractivity contribution is 0.414. The summed E-state index contributed by atoms with van der Waals surface area (Å²) in [5.41, 5.74) is 0. The predicted octanol–water partition coefficient (Wildman–Crippen LogP) is 1.05. The molecule has 0 aromatic rings. The molecule has 0 spiro atoms. The maximum Gasteiger partial charge on any atom is 0.224 e. The van der Waals surface area contributed by atoms with Crippen LogP contribution in [-0.2, 0) is 10.0 Å². The minimum Gasteiger partial charge on any atom is -0.211 e. The Balaban J connectivity index is 2.63. The molecule has 13 heavy (non-hydrogen) atoms. The molecule has 0 bridgehead atoms. The van der Waals surface area contributed by atoms with E-state index in [-0.39, 0.29) is 17.1 Å². The molecule has 0 saturated heterocycles. The molecule has 1 fully saturated rings. The highest BCUT2D eigenvalue weighted by molar-refractivity contribution is 9.10. The Morgan fingerprint density at radius 2 is 2.15 bits per heavy atom. The van der Waals surface area contributed by atoms with E-state index in [1.54, 1.807) is 0 Å². The van der Waals surface area contributed by atoms with Gasteiger partial charge in [-0.15, -0.1) is 0 Å². The van der Waals surface area contributed by atoms with Gasteiger partial charge in [-0.1, -0.05) is 15.9 Å². The Kier molecular flexibility index (Phi) is 3.71. The van der Waals surface area contributed by atoms with Crippen molar-refractivity contribution in [1.82, 2.24) is 4.31 Å². The lowest BCUT2D eigenvalue weighted by atomic mass is 10.4. The predicted molar refractivity (Wildman–Crippen MR) is 52.7 cm³/mol. The molecule has 0 N–H and O–H groups in total. The van der Waals surface area contributed by atoms with E-state index >= 15 is 0 Å². The molecule has 1 saturated carbocycles. The van der Waals surface area contributed by atoms with Crippen LogP contribution in [-0.4, -0.2) is 30.0 Å². The molecular weight excluding hydrogens is 256 g/mol. The number of rotatable bonds is 5. The van der Waals surface area contributed by atoms with Crippen LogP contribution in [0.1, 0.15) is 19.3 Å². The van der Waals surface area contributed by atoms with Gasteiger partial charge in [-0.05, 0) is 12.8 Å². The summed E-state index contributed by atoms with van der Waals surface area (Å²) >= 11 is 2.95. The van der Waals surface area contributed by atoms with E-state index in [0.29, 0.717) is 6.54 Å². The number of nitrogens with zero attached hydrogens (tertiary/aromatic N) is 2. The molecule has 0 heterocycles. The van der Waals surface area contributed by atoms with Gasteiger partial charge in [-0.25, -0.2) is 8.42 Å². The van der Waals surface area contributed by atoms with Crippen LogP contribution >= 0.6 is 15.9 Å². The monoisotopic (exact) mass is 266 g/mol. The summed E-state index contributed by atoms with van der Waals surface area (Å²) in [7, 11) is -3.17. The third kappa shape index (κ3) is 2.93. The van der Waals surface area contributed by atoms with Crippen molar-refractivity contribution in [3.05, 3.63) is 0 Å². The van der Waals surface area contributed by atoms with Gasteiger partial charge < -0.3 is 0 Å². The highest BCUT2D eigenvalue weighted by Crippen LogP contribution is 2.29. The van der Waals surface area contributed by atoms with Gasteiger partial charge in [0.05, 0.1) is 6.07 Å². The van der Waals surface area contributed by atoms with Gasteiger partial charge in [-0.3, -0.25) is 0 Å². The largest absolute Gasteiger partial charge is 0.224 e. The number of hydrogen-bond donors (Lipinski definition) is 0. The van der Waals surface area contributed by atoms with Gasteiger partial charge in [0.25, 0.3) is 0 Å². The second-order valence-electron chi connectivity index (χ2n) is 2.97. The summed E-state index contributed by atoms with van der Waals surface area (Å²) < 4.78 is 24.3. The Hall–Kier alpha value is -0.120. The number of halogens is 1. The number of alkyl halides is 1. The van der Waals surface area contributed by atoms with Crippen LogP contribution in [0.5, 0.6) is 0 Å². The standard InChI is InChI=1S/C7H11BrN2O2S/c8-6-13(11,12)10(5-1-4-9)7-2-3-7/h7H,1-3,5-6H2. The third-order valence-corrected chi connectivity index (χ3v) is 5.10. The molecule has 4 nitrogen and oxygen atoms in total. The molecule has 1 rings (SSSR count). The summed E-state index contributed by atoms with van der Waals surface area (Å²) in [4.78, 5) is 0. The van der Waals surface area contributed by atoms with Crippen molar-refractivity contribution in [2.75, 3.05) is 11.2 Å². The minimum atomic E-state index is -3.17. The van der Waals surface area contributed by atoms with Crippen LogP contribution in [0.3, 0.4) is 0 Å². The summed E-state index contributed by atoms with van der Waals surface area (Å²) in [6.45, 7) is 0.328. The van der Waals surface area contributed by atoms with Gasteiger partial charge in [0.2, 0.25) is 10.0 Å². The first-order valence-corrected chi connectivity index (χ1v) is 6.77. The normalized spacial score (nSPS) is 17.3. The van der Waals surface area contributed by atoms with E-state index in [0.717, 1.165) is 12.8 Å². The Labute approximate surface area is 86.7 Å². The topological polar surface area (TPSA) is 61.2 Å². The molecule has 0 amide bonds. The number of hydrogen-bond acceptors (Lipinski definition) is 3. The zero-order valence-electron chi connectivity index (χ0n) is 7.11. The second kappa shape index (κ2) is 4.40. The van der Waals surface area contributed by atoms with Crippen molar-refractivity contribution in [2.45, 2.75) is 25.3 Å². The first-order valence-electron chi connectivity index (χ1n) is 4.04. The lowest BCUT2D eigenvalue weighted by Crippen LogP contribution is -2.34. The Morgan fingerprint density at radius 3 is 2.54 bits per heavy atom. The molecule has 1 aliphatic carbocycles. The van der Waals surface area contributed by atoms with Crippen LogP contribution in [0.2, 0.25) is 0 Å². The zero-order chi connectivity index (χ0) is 9.90. The zero-order valence-corrected chi connectivity index (χ0v) is 9.51. The third-order valence-electron chi connectivity index (χ3n) is 1.89. The van der Waals surface area contributed by atoms with E-state index in [9.17, 15) is 8.42 Å². The van der Waals surface area contributed by atoms with E-state index in [2.05, 4.69) is 15.9 Å². The van der Waals surface area contributed by atoms with Crippen molar-refractivity contribution < 1.29 is 8.42 Å². The molecule has 6 heteroatoms. The molecule has 0 unspecified atom stereocenters. The molecule has 0 atom stereocenters. The van der Waals surface area contributed by atoms with Crippen LogP contribution < -0.4 is 0 Å². The quantitative estimate of drug-likeness (QED) is 0.699. The fourth-order valence-electron chi connectivity index (χ4n) is 1.13. The van der Waals surface area contributed by atoms with Crippen molar-refractivity contribution in [3.63, 3.8) is 0 Å². The molecule has 1 aliphatic rings. The lowest BCUT2D eigenvalue weighted by Gasteiger charge is -2.18. The SMILES string of the molecule is N#CCCN(C1CC1)S(=O)(=O)CBr. The first-order chi connectivity index (χ1) is 6.11. The Morgan fingerprint density at radius 1 is 1.54 bits per heavy atom. The average Bonchev–Trinajstić information content (AvgIpc) is 2.89. The Bertz CT molecular complexity index is 305. The van der Waals surface area contributed by atoms with Crippen LogP contribution in [0, 0.1) is 11.3 Å². The maximum atomic E-state index is 11.5. The van der Waals surface area contributed by atoms with Crippen molar-refractivity contribution in [3.8, 4) is 6.07 Å². The minimum absolute atomic E-state index is 0.0536. The summed E-state index contributed by atoms with van der Waals surface area (Å²) in [5.74, 6) is 0. The highest BCUT2D eigenvalue weighted by atomic mass is 79.9. The van der Waals surface area contributed by atoms with E-state index in [4.69, 9.17) is 5.26 Å². The van der Waals surface area contributed by atoms with Gasteiger partial charge in [0, 0.05) is 19.0 Å². The highest BCUT2D eigenvalue weighted by Gasteiger charge is 2.35. The van der Waals surface area contributed by atoms with Crippen LogP contribution in [0.4, 0.5) is 0 Å². The fourth-order valence-corrected chi connectivity index (χ4v) is 3.08. The molecule has 0 aromatic heterocycles. The van der Waals surface area contributed by atoms with Crippen molar-refractivity contribution >= 4 is 26.0 Å². The van der Waals surface area contributed by atoms with Crippen LogP contribution in [0.15, 0.2) is 0 Å². The first kappa shape index (κ1) is 11.0. The fraction of sp³-hybridized carbons (Fsp3) is 0.857. The van der Waals surface area contributed by atoms with Crippen LogP contribution in [0.25, 0.3) is 0 Å². The van der Waals surface area contributed by atoms with Gasteiger partial charge in [-0.2, -0.15) is 9.57 Å². The second-order valence-corrected chi connectivity index (χ2v) is 6.20. The van der Waals surface area contributed by atoms with Crippen molar-refractivity contribution in [1.29, 1.82) is 5.26 Å². The van der Waals surface area contributed by atoms with Gasteiger partial charge in [0.15, 0.2) is 0 Å². The number of sulfonamides is 1. The average molecular weight is 267 g/mol. The van der Waals surface area contributed by atoms with Gasteiger partial charge in [0.1, 0.15) is 4.66 Å². The van der Waals surface area contributed by atoms with E-state index < -0.39 is 10.0 Å². The summed E-state index contributed by atoms with van der Waals surface area (Å²) in [5, 5.41) is 8.37. The smallest absolute Gasteiger partial charge is 0.211 e. The molecule has 74 valence electrons. The summed E-state index contributed by atoms with van der Waals surface area (Å²) in [6, 6.07) is 2.10. The molecule has 0 radical (unpaired) electrons. The van der Waals surface area contributed by atoms with Crippen molar-refractivity contribution in [2.24, 2.45) is 0 Å². The summed E-state index contributed by atoms with van der Waals surface area (Å²) in [6.07, 6.45) is 2.12. The number of nitriles is 1. The maximum absolute atomic E-state index is 11.5. The van der Waals surface area contributed by atoms with E-state index in [1.807, 2.05) is 6.07 Å². The van der Waals surface area contributed by atoms with E-state index in [1.165, 1.54) is 4.31 Å². The molecular formula is C7H11BrN2O2S.